The van der Waals surface area contributed by atoms with Crippen LogP contribution in [0.1, 0.15) is 26.2 Å². The van der Waals surface area contributed by atoms with E-state index in [2.05, 4.69) is 13.3 Å². The van der Waals surface area contributed by atoms with Crippen molar-refractivity contribution in [3.63, 3.8) is 0 Å². The van der Waals surface area contributed by atoms with Crippen LogP contribution in [0.5, 0.6) is 0 Å². The molecule has 2 saturated carbocycles. The van der Waals surface area contributed by atoms with Gasteiger partial charge in [-0.2, -0.15) is 12.8 Å². The zero-order chi connectivity index (χ0) is 5.56. The normalized spacial score (nSPS) is 44.6. The van der Waals surface area contributed by atoms with Crippen molar-refractivity contribution in [3.8, 4) is 0 Å². The van der Waals surface area contributed by atoms with E-state index in [9.17, 15) is 0 Å². The first kappa shape index (κ1) is 4.84. The van der Waals surface area contributed by atoms with Gasteiger partial charge in [-0.1, -0.05) is 12.3 Å². The molecule has 0 aromatic heterocycles. The van der Waals surface area contributed by atoms with Crippen LogP contribution in [0.2, 0.25) is 0 Å². The van der Waals surface area contributed by atoms with Gasteiger partial charge in [-0.25, -0.2) is 0 Å². The molecule has 0 nitrogen and oxygen atoms in total. The monoisotopic (exact) mass is 109 g/mol. The Morgan fingerprint density at radius 2 is 2.12 bits per heavy atom. The fourth-order valence-corrected chi connectivity index (χ4v) is 1.69. The Balaban J connectivity index is 1.79. The van der Waals surface area contributed by atoms with Crippen molar-refractivity contribution in [1.82, 2.24) is 0 Å². The van der Waals surface area contributed by atoms with Gasteiger partial charge in [0, 0.05) is 0 Å². The van der Waals surface area contributed by atoms with Crippen molar-refractivity contribution >= 4 is 0 Å². The Hall–Kier alpha value is 0. The first-order valence-corrected chi connectivity index (χ1v) is 3.71. The maximum absolute atomic E-state index is 2.38. The molecular formula is C8H13-. The first-order valence-electron chi connectivity index (χ1n) is 3.71. The van der Waals surface area contributed by atoms with Gasteiger partial charge in [0.05, 0.1) is 0 Å². The summed E-state index contributed by atoms with van der Waals surface area (Å²) in [5, 5.41) is 0. The Bertz CT molecular complexity index is 92.2. The highest BCUT2D eigenvalue weighted by Crippen LogP contribution is 2.55. The largest absolute Gasteiger partial charge is 0.328 e. The van der Waals surface area contributed by atoms with E-state index in [0.717, 1.165) is 17.8 Å². The predicted octanol–water partition coefficient (Wildman–Crippen LogP) is 2.26. The summed E-state index contributed by atoms with van der Waals surface area (Å²) in [7, 11) is 0. The van der Waals surface area contributed by atoms with Gasteiger partial charge >= 0.3 is 0 Å². The van der Waals surface area contributed by atoms with Crippen LogP contribution in [-0.2, 0) is 0 Å². The molecule has 0 heteroatoms. The molecule has 0 heterocycles. The highest BCUT2D eigenvalue weighted by Gasteiger charge is 2.41. The summed E-state index contributed by atoms with van der Waals surface area (Å²) in [6.45, 7) is 2.20. The Morgan fingerprint density at radius 1 is 1.38 bits per heavy atom. The van der Waals surface area contributed by atoms with E-state index in [1.807, 2.05) is 0 Å². The smallest absolute Gasteiger partial charge is 0.0408 e. The van der Waals surface area contributed by atoms with Crippen LogP contribution in [0.4, 0.5) is 0 Å². The maximum Gasteiger partial charge on any atom is -0.0408 e. The SMILES string of the molecule is C[CH-]C1CC1C1CC1. The van der Waals surface area contributed by atoms with Gasteiger partial charge in [-0.3, -0.25) is 0 Å². The van der Waals surface area contributed by atoms with Crippen LogP contribution in [0, 0.1) is 24.2 Å². The molecule has 0 amide bonds. The van der Waals surface area contributed by atoms with E-state index in [-0.39, 0.29) is 0 Å². The molecule has 2 atom stereocenters. The third-order valence-corrected chi connectivity index (χ3v) is 2.55. The lowest BCUT2D eigenvalue weighted by atomic mass is 10.2. The Morgan fingerprint density at radius 3 is 2.50 bits per heavy atom. The second kappa shape index (κ2) is 1.49. The lowest BCUT2D eigenvalue weighted by molar-refractivity contribution is 0.666. The van der Waals surface area contributed by atoms with Gasteiger partial charge in [0.15, 0.2) is 0 Å². The van der Waals surface area contributed by atoms with Crippen LogP contribution in [0.25, 0.3) is 0 Å². The summed E-state index contributed by atoms with van der Waals surface area (Å²) in [5.41, 5.74) is 0. The third-order valence-electron chi connectivity index (χ3n) is 2.55. The molecule has 2 aliphatic rings. The molecule has 0 bridgehead atoms. The minimum absolute atomic E-state index is 1.03. The van der Waals surface area contributed by atoms with Crippen LogP contribution >= 0.6 is 0 Å². The predicted molar refractivity (Wildman–Crippen MR) is 34.3 cm³/mol. The van der Waals surface area contributed by atoms with Crippen molar-refractivity contribution in [2.24, 2.45) is 17.8 Å². The van der Waals surface area contributed by atoms with Crippen molar-refractivity contribution in [2.75, 3.05) is 0 Å². The van der Waals surface area contributed by atoms with Crippen molar-refractivity contribution in [1.29, 1.82) is 0 Å². The van der Waals surface area contributed by atoms with Gasteiger partial charge in [0.1, 0.15) is 0 Å². The Labute approximate surface area is 51.3 Å². The quantitative estimate of drug-likeness (QED) is 0.477. The van der Waals surface area contributed by atoms with E-state index in [1.165, 1.54) is 19.3 Å². The minimum Gasteiger partial charge on any atom is -0.328 e. The minimum atomic E-state index is 1.03. The van der Waals surface area contributed by atoms with Crippen molar-refractivity contribution in [3.05, 3.63) is 6.42 Å². The summed E-state index contributed by atoms with van der Waals surface area (Å²) in [4.78, 5) is 0. The summed E-state index contributed by atoms with van der Waals surface area (Å²) in [5.74, 6) is 3.33. The van der Waals surface area contributed by atoms with Crippen LogP contribution in [-0.4, -0.2) is 0 Å². The van der Waals surface area contributed by atoms with Crippen LogP contribution in [0.15, 0.2) is 0 Å². The van der Waals surface area contributed by atoms with Crippen molar-refractivity contribution in [2.45, 2.75) is 26.2 Å². The molecule has 0 aromatic rings. The lowest BCUT2D eigenvalue weighted by Crippen LogP contribution is -1.81. The zero-order valence-corrected chi connectivity index (χ0v) is 5.43. The highest BCUT2D eigenvalue weighted by molar-refractivity contribution is 5.01. The zero-order valence-electron chi connectivity index (χ0n) is 5.43. The number of hydrogen-bond acceptors (Lipinski definition) is 0. The molecular weight excluding hydrogens is 96.1 g/mol. The molecule has 0 spiro atoms. The molecule has 8 heavy (non-hydrogen) atoms. The molecule has 46 valence electrons. The molecule has 0 aromatic carbocycles. The second-order valence-corrected chi connectivity index (χ2v) is 3.23. The van der Waals surface area contributed by atoms with Gasteiger partial charge in [0.25, 0.3) is 0 Å². The molecule has 2 fully saturated rings. The highest BCUT2D eigenvalue weighted by atomic mass is 14.5. The van der Waals surface area contributed by atoms with E-state index < -0.39 is 0 Å². The fourth-order valence-electron chi connectivity index (χ4n) is 1.69. The first-order chi connectivity index (χ1) is 3.92. The number of hydrogen-bond donors (Lipinski definition) is 0. The van der Waals surface area contributed by atoms with E-state index in [4.69, 9.17) is 0 Å². The third kappa shape index (κ3) is 0.667. The molecule has 2 aliphatic carbocycles. The van der Waals surface area contributed by atoms with Gasteiger partial charge in [-0.05, 0) is 18.8 Å². The summed E-state index contributed by atoms with van der Waals surface area (Å²) < 4.78 is 0. The molecule has 2 rings (SSSR count). The van der Waals surface area contributed by atoms with Crippen LogP contribution in [0.3, 0.4) is 0 Å². The summed E-state index contributed by atoms with van der Waals surface area (Å²) in [6, 6.07) is 0. The van der Waals surface area contributed by atoms with E-state index in [0.29, 0.717) is 0 Å². The lowest BCUT2D eigenvalue weighted by Gasteiger charge is -1.98. The summed E-state index contributed by atoms with van der Waals surface area (Å²) in [6.07, 6.45) is 6.97. The molecule has 0 saturated heterocycles. The molecule has 2 unspecified atom stereocenters. The summed E-state index contributed by atoms with van der Waals surface area (Å²) >= 11 is 0. The topological polar surface area (TPSA) is 0 Å². The molecule has 0 radical (unpaired) electrons. The fraction of sp³-hybridized carbons (Fsp3) is 0.875. The molecule has 0 N–H and O–H groups in total. The number of rotatable bonds is 2. The average Bonchev–Trinajstić information content (AvgIpc) is 2.62. The van der Waals surface area contributed by atoms with E-state index in [1.54, 1.807) is 0 Å². The maximum atomic E-state index is 2.38. The average molecular weight is 109 g/mol. The van der Waals surface area contributed by atoms with E-state index >= 15 is 0 Å². The van der Waals surface area contributed by atoms with Crippen LogP contribution < -0.4 is 0 Å². The standard InChI is InChI=1S/C8H13/c1-2-6-5-8(6)7-3-4-7/h2,6-8H,3-5H2,1H3/q-1. The second-order valence-electron chi connectivity index (χ2n) is 3.23. The van der Waals surface area contributed by atoms with Gasteiger partial charge in [0.2, 0.25) is 0 Å². The molecule has 0 aliphatic heterocycles. The van der Waals surface area contributed by atoms with Gasteiger partial charge < -0.3 is 6.42 Å². The van der Waals surface area contributed by atoms with Gasteiger partial charge in [-0.15, -0.1) is 0 Å². The van der Waals surface area contributed by atoms with Crippen molar-refractivity contribution < 1.29 is 0 Å². The Kier molecular flexibility index (Phi) is 0.902.